The van der Waals surface area contributed by atoms with Gasteiger partial charge in [-0.15, -0.1) is 0 Å². The molecule has 0 aromatic carbocycles. The van der Waals surface area contributed by atoms with Crippen LogP contribution < -0.4 is 15.6 Å². The van der Waals surface area contributed by atoms with Crippen LogP contribution in [-0.2, 0) is 4.79 Å². The minimum atomic E-state index is -2.97. The Kier molecular flexibility index (Phi) is 6.94. The first-order valence-corrected chi connectivity index (χ1v) is 9.64. The van der Waals surface area contributed by atoms with Gasteiger partial charge in [-0.2, -0.15) is 0 Å². The number of H-pyrrole nitrogens is 1. The first-order chi connectivity index (χ1) is 14.7. The summed E-state index contributed by atoms with van der Waals surface area (Å²) in [6.07, 6.45) is -0.562. The van der Waals surface area contributed by atoms with Crippen molar-refractivity contribution in [2.24, 2.45) is 0 Å². The first-order valence-electron chi connectivity index (χ1n) is 9.64. The molecule has 0 spiro atoms. The first kappa shape index (κ1) is 22.7. The highest BCUT2D eigenvalue weighted by Crippen LogP contribution is 2.40. The molecule has 3 rings (SSSR count). The summed E-state index contributed by atoms with van der Waals surface area (Å²) in [5.74, 6) is -4.27. The number of nitrogens with zero attached hydrogens (tertiary/aromatic N) is 2. The molecule has 2 aromatic rings. The van der Waals surface area contributed by atoms with Crippen molar-refractivity contribution in [3.8, 4) is 5.75 Å². The van der Waals surface area contributed by atoms with Crippen LogP contribution in [0.1, 0.15) is 24.8 Å². The second-order valence-corrected chi connectivity index (χ2v) is 7.29. The number of aromatic amines is 1. The number of halogens is 4. The van der Waals surface area contributed by atoms with Crippen molar-refractivity contribution in [2.75, 3.05) is 25.0 Å². The minimum Gasteiger partial charge on any atom is -0.486 e. The summed E-state index contributed by atoms with van der Waals surface area (Å²) in [6, 6.07) is 4.63. The van der Waals surface area contributed by atoms with Gasteiger partial charge in [0.2, 0.25) is 11.5 Å². The Balaban J connectivity index is 1.63. The third-order valence-electron chi connectivity index (χ3n) is 5.16. The third-order valence-corrected chi connectivity index (χ3v) is 5.16. The Labute approximate surface area is 175 Å². The fraction of sp³-hybridized carbons (Fsp3) is 0.450. The van der Waals surface area contributed by atoms with Gasteiger partial charge in [0.05, 0.1) is 18.2 Å². The number of carbonyl (C=O) groups is 1. The number of pyridine rings is 2. The van der Waals surface area contributed by atoms with E-state index in [1.807, 2.05) is 0 Å². The molecular weight excluding hydrogens is 420 g/mol. The highest BCUT2D eigenvalue weighted by atomic mass is 19.3. The predicted octanol–water partition coefficient (Wildman–Crippen LogP) is 2.87. The number of carbonyl (C=O) groups excluding carboxylic acids is 1. The monoisotopic (exact) mass is 442 g/mol. The van der Waals surface area contributed by atoms with Crippen LogP contribution in [0.15, 0.2) is 41.5 Å². The number of amides is 1. The molecule has 168 valence electrons. The fourth-order valence-electron chi connectivity index (χ4n) is 3.36. The Hall–Kier alpha value is -2.95. The number of alkyl halides is 4. The lowest BCUT2D eigenvalue weighted by Gasteiger charge is -2.40. The molecule has 7 nitrogen and oxygen atoms in total. The Morgan fingerprint density at radius 2 is 2.13 bits per heavy atom. The van der Waals surface area contributed by atoms with E-state index in [0.717, 1.165) is 0 Å². The van der Waals surface area contributed by atoms with Crippen molar-refractivity contribution in [3.63, 3.8) is 0 Å². The summed E-state index contributed by atoms with van der Waals surface area (Å²) >= 11 is 0. The molecule has 11 heteroatoms. The molecule has 1 unspecified atom stereocenters. The van der Waals surface area contributed by atoms with Crippen LogP contribution in [0.4, 0.5) is 23.4 Å². The topological polar surface area (TPSA) is 87.3 Å². The number of rotatable bonds is 7. The van der Waals surface area contributed by atoms with Crippen molar-refractivity contribution in [1.82, 2.24) is 14.9 Å². The molecule has 1 amide bonds. The van der Waals surface area contributed by atoms with Crippen LogP contribution in [0.3, 0.4) is 0 Å². The summed E-state index contributed by atoms with van der Waals surface area (Å²) in [6.45, 7) is 0.792. The van der Waals surface area contributed by atoms with Crippen LogP contribution in [0, 0.1) is 0 Å². The zero-order valence-corrected chi connectivity index (χ0v) is 16.7. The van der Waals surface area contributed by atoms with E-state index < -0.39 is 43.2 Å². The van der Waals surface area contributed by atoms with E-state index in [4.69, 9.17) is 4.74 Å². The molecule has 2 N–H and O–H groups in total. The van der Waals surface area contributed by atoms with Crippen molar-refractivity contribution in [3.05, 3.63) is 52.6 Å². The van der Waals surface area contributed by atoms with Crippen molar-refractivity contribution < 1.29 is 27.1 Å². The molecule has 0 bridgehead atoms. The number of aromatic nitrogens is 2. The molecule has 31 heavy (non-hydrogen) atoms. The minimum absolute atomic E-state index is 0.0231. The van der Waals surface area contributed by atoms with Crippen molar-refractivity contribution in [2.45, 2.75) is 37.7 Å². The molecule has 2 atom stereocenters. The van der Waals surface area contributed by atoms with E-state index in [-0.39, 0.29) is 30.2 Å². The van der Waals surface area contributed by atoms with Gasteiger partial charge in [0, 0.05) is 31.8 Å². The number of nitrogens with one attached hydrogen (secondary N) is 2. The lowest BCUT2D eigenvalue weighted by atomic mass is 9.87. The van der Waals surface area contributed by atoms with Crippen LogP contribution in [0.25, 0.3) is 0 Å². The van der Waals surface area contributed by atoms with Crippen molar-refractivity contribution in [1.29, 1.82) is 0 Å². The van der Waals surface area contributed by atoms with Gasteiger partial charge in [0.1, 0.15) is 18.2 Å². The number of hydrogen-bond donors (Lipinski definition) is 2. The van der Waals surface area contributed by atoms with E-state index in [9.17, 15) is 27.2 Å². The third kappa shape index (κ3) is 5.81. The van der Waals surface area contributed by atoms with Gasteiger partial charge in [-0.3, -0.25) is 14.5 Å². The number of ether oxygens (including phenoxy) is 1. The number of anilines is 1. The maximum absolute atomic E-state index is 14.5. The summed E-state index contributed by atoms with van der Waals surface area (Å²) in [4.78, 5) is 31.8. The van der Waals surface area contributed by atoms with Gasteiger partial charge in [0.25, 0.3) is 12.3 Å². The Bertz CT molecular complexity index is 932. The van der Waals surface area contributed by atoms with E-state index in [1.54, 1.807) is 11.8 Å². The molecule has 1 fully saturated rings. The number of hydrogen-bond acceptors (Lipinski definition) is 5. The predicted molar refractivity (Wildman–Crippen MR) is 105 cm³/mol. The molecule has 0 radical (unpaired) electrons. The normalized spacial score (nSPS) is 19.7. The van der Waals surface area contributed by atoms with Gasteiger partial charge in [0.15, 0.2) is 0 Å². The van der Waals surface area contributed by atoms with Crippen molar-refractivity contribution >= 4 is 11.7 Å². The average Bonchev–Trinajstić information content (AvgIpc) is 2.73. The Morgan fingerprint density at radius 1 is 1.35 bits per heavy atom. The largest absolute Gasteiger partial charge is 0.486 e. The molecule has 0 aliphatic carbocycles. The molecule has 3 heterocycles. The lowest BCUT2D eigenvalue weighted by Crippen LogP contribution is -2.52. The number of piperidine rings is 1. The van der Waals surface area contributed by atoms with Crippen LogP contribution >= 0.6 is 0 Å². The molecule has 0 saturated carbocycles. The number of likely N-dealkylation sites (tertiary alicyclic amines) is 1. The van der Waals surface area contributed by atoms with Crippen LogP contribution in [-0.4, -0.2) is 58.9 Å². The highest BCUT2D eigenvalue weighted by Gasteiger charge is 2.46. The van der Waals surface area contributed by atoms with E-state index >= 15 is 0 Å². The standard InChI is InChI=1S/C20H22F4N4O3/c1-12(19(30)27-17-4-3-14(9-25-17)31-11-16(21)22)28-7-6-20(23,24)15(10-28)13-2-5-18(29)26-8-13/h2-5,8-9,12,15-16H,6-7,10-11H2,1H3,(H,26,29)(H,25,27,30)/t12?,15-/m1/s1. The van der Waals surface area contributed by atoms with Gasteiger partial charge < -0.3 is 15.0 Å². The van der Waals surface area contributed by atoms with Crippen LogP contribution in [0.5, 0.6) is 5.75 Å². The highest BCUT2D eigenvalue weighted by molar-refractivity contribution is 5.93. The second kappa shape index (κ2) is 9.46. The van der Waals surface area contributed by atoms with E-state index in [0.29, 0.717) is 5.56 Å². The molecular formula is C20H22F4N4O3. The van der Waals surface area contributed by atoms with Gasteiger partial charge >= 0.3 is 0 Å². The SMILES string of the molecule is CC(C(=O)Nc1ccc(OCC(F)F)cn1)N1CCC(F)(F)[C@@H](c2ccc(=O)[nH]c2)C1. The summed E-state index contributed by atoms with van der Waals surface area (Å²) in [5.41, 5.74) is -0.0893. The van der Waals surface area contributed by atoms with Crippen LogP contribution in [0.2, 0.25) is 0 Å². The second-order valence-electron chi connectivity index (χ2n) is 7.29. The summed E-state index contributed by atoms with van der Waals surface area (Å²) in [7, 11) is 0. The van der Waals surface area contributed by atoms with Gasteiger partial charge in [-0.25, -0.2) is 22.5 Å². The van der Waals surface area contributed by atoms with Gasteiger partial charge in [-0.1, -0.05) is 6.07 Å². The Morgan fingerprint density at radius 3 is 2.74 bits per heavy atom. The maximum atomic E-state index is 14.5. The summed E-state index contributed by atoms with van der Waals surface area (Å²) < 4.78 is 58.2. The molecule has 1 saturated heterocycles. The fourth-order valence-corrected chi connectivity index (χ4v) is 3.36. The zero-order chi connectivity index (χ0) is 22.6. The zero-order valence-electron chi connectivity index (χ0n) is 16.7. The lowest BCUT2D eigenvalue weighted by molar-refractivity contribution is -0.125. The molecule has 1 aliphatic heterocycles. The quantitative estimate of drug-likeness (QED) is 0.644. The average molecular weight is 442 g/mol. The van der Waals surface area contributed by atoms with E-state index in [1.165, 1.54) is 36.7 Å². The smallest absolute Gasteiger partial charge is 0.272 e. The summed E-state index contributed by atoms with van der Waals surface area (Å²) in [5, 5.41) is 2.58. The van der Waals surface area contributed by atoms with Gasteiger partial charge in [-0.05, 0) is 24.6 Å². The molecule has 2 aromatic heterocycles. The van der Waals surface area contributed by atoms with E-state index in [2.05, 4.69) is 15.3 Å². The molecule has 1 aliphatic rings. The maximum Gasteiger partial charge on any atom is 0.272 e.